The highest BCUT2D eigenvalue weighted by molar-refractivity contribution is 5.88. The van der Waals surface area contributed by atoms with E-state index in [-0.39, 0.29) is 11.4 Å². The summed E-state index contributed by atoms with van der Waals surface area (Å²) in [7, 11) is 0. The van der Waals surface area contributed by atoms with E-state index in [2.05, 4.69) is 27.7 Å². The highest BCUT2D eigenvalue weighted by Crippen LogP contribution is 2.38. The number of fused-ring (bicyclic) bond motifs is 3. The van der Waals surface area contributed by atoms with E-state index >= 15 is 0 Å². The fourth-order valence-electron chi connectivity index (χ4n) is 4.32. The van der Waals surface area contributed by atoms with Crippen molar-refractivity contribution in [3.63, 3.8) is 0 Å². The molecular weight excluding hydrogens is 324 g/mol. The Morgan fingerprint density at radius 1 is 1.23 bits per heavy atom. The first-order valence-electron chi connectivity index (χ1n) is 10.2. The van der Waals surface area contributed by atoms with Crippen LogP contribution < -0.4 is 5.63 Å². The molecule has 26 heavy (non-hydrogen) atoms. The van der Waals surface area contributed by atoms with E-state index in [1.807, 2.05) is 12.1 Å². The van der Waals surface area contributed by atoms with E-state index in [4.69, 9.17) is 4.42 Å². The van der Waals surface area contributed by atoms with Gasteiger partial charge in [-0.2, -0.15) is 0 Å². The third-order valence-electron chi connectivity index (χ3n) is 6.30. The Labute approximate surface area is 156 Å². The number of hydrogen-bond acceptors (Lipinski definition) is 3. The Balaban J connectivity index is 1.99. The average Bonchev–Trinajstić information content (AvgIpc) is 2.60. The normalized spacial score (nSPS) is 19.3. The SMILES string of the molecule is CCCCCC(C)C(C)c1cc(O)c2c3c(c(=O)oc2c1)CCC(C)C3. The maximum atomic E-state index is 12.4. The van der Waals surface area contributed by atoms with E-state index in [1.165, 1.54) is 25.7 Å². The first-order valence-corrected chi connectivity index (χ1v) is 10.2. The summed E-state index contributed by atoms with van der Waals surface area (Å²) in [5.74, 6) is 1.65. The molecule has 0 bridgehead atoms. The van der Waals surface area contributed by atoms with Gasteiger partial charge < -0.3 is 9.52 Å². The molecule has 1 aliphatic rings. The van der Waals surface area contributed by atoms with Gasteiger partial charge in [0.25, 0.3) is 0 Å². The van der Waals surface area contributed by atoms with Crippen LogP contribution in [0.3, 0.4) is 0 Å². The summed E-state index contributed by atoms with van der Waals surface area (Å²) in [4.78, 5) is 12.4. The first-order chi connectivity index (χ1) is 12.4. The molecule has 3 rings (SSSR count). The molecule has 0 saturated carbocycles. The zero-order valence-electron chi connectivity index (χ0n) is 16.6. The third-order valence-corrected chi connectivity index (χ3v) is 6.30. The lowest BCUT2D eigenvalue weighted by atomic mass is 9.82. The van der Waals surface area contributed by atoms with Crippen LogP contribution in [0.2, 0.25) is 0 Å². The van der Waals surface area contributed by atoms with Crippen LogP contribution >= 0.6 is 0 Å². The van der Waals surface area contributed by atoms with Crippen LogP contribution in [0.25, 0.3) is 11.0 Å². The van der Waals surface area contributed by atoms with Crippen molar-refractivity contribution in [1.29, 1.82) is 0 Å². The smallest absolute Gasteiger partial charge is 0.339 e. The highest BCUT2D eigenvalue weighted by atomic mass is 16.4. The molecule has 1 aromatic carbocycles. The third kappa shape index (κ3) is 3.67. The largest absolute Gasteiger partial charge is 0.507 e. The van der Waals surface area contributed by atoms with E-state index in [0.29, 0.717) is 23.3 Å². The Bertz CT molecular complexity index is 833. The molecule has 1 aromatic heterocycles. The topological polar surface area (TPSA) is 50.4 Å². The van der Waals surface area contributed by atoms with Crippen molar-refractivity contribution in [2.24, 2.45) is 11.8 Å². The molecule has 3 heteroatoms. The summed E-state index contributed by atoms with van der Waals surface area (Å²) in [5, 5.41) is 11.5. The number of hydrogen-bond donors (Lipinski definition) is 1. The summed E-state index contributed by atoms with van der Waals surface area (Å²) in [5.41, 5.74) is 3.15. The van der Waals surface area contributed by atoms with Gasteiger partial charge in [0.15, 0.2) is 0 Å². The quantitative estimate of drug-likeness (QED) is 0.514. The standard InChI is InChI=1S/C23H32O3/c1-5-6-7-8-15(3)16(4)17-12-20(24)22-19-11-14(2)9-10-18(19)23(25)26-21(22)13-17/h12-16,24H,5-11H2,1-4H3. The summed E-state index contributed by atoms with van der Waals surface area (Å²) in [6.45, 7) is 8.90. The van der Waals surface area contributed by atoms with Gasteiger partial charge in [0.05, 0.1) is 5.39 Å². The van der Waals surface area contributed by atoms with Crippen molar-refractivity contribution < 1.29 is 9.52 Å². The van der Waals surface area contributed by atoms with Gasteiger partial charge in [-0.1, -0.05) is 53.4 Å². The first kappa shape index (κ1) is 19.0. The molecular formula is C23H32O3. The molecule has 0 saturated heterocycles. The number of unbranched alkanes of at least 4 members (excludes halogenated alkanes) is 2. The predicted molar refractivity (Wildman–Crippen MR) is 107 cm³/mol. The average molecular weight is 357 g/mol. The molecule has 0 amide bonds. The molecule has 142 valence electrons. The molecule has 3 nitrogen and oxygen atoms in total. The number of benzene rings is 1. The lowest BCUT2D eigenvalue weighted by molar-refractivity contribution is 0.426. The minimum absolute atomic E-state index is 0.223. The maximum absolute atomic E-state index is 12.4. The van der Waals surface area contributed by atoms with E-state index < -0.39 is 0 Å². The second kappa shape index (κ2) is 7.85. The molecule has 0 spiro atoms. The summed E-state index contributed by atoms with van der Waals surface area (Å²) < 4.78 is 5.63. The Morgan fingerprint density at radius 3 is 2.73 bits per heavy atom. The zero-order chi connectivity index (χ0) is 18.8. The van der Waals surface area contributed by atoms with Crippen LogP contribution in [0.15, 0.2) is 21.3 Å². The van der Waals surface area contributed by atoms with Gasteiger partial charge in [0.2, 0.25) is 0 Å². The van der Waals surface area contributed by atoms with E-state index in [0.717, 1.165) is 41.3 Å². The summed E-state index contributed by atoms with van der Waals surface area (Å²) in [6.07, 6.45) is 7.51. The van der Waals surface area contributed by atoms with Crippen molar-refractivity contribution in [3.05, 3.63) is 39.2 Å². The zero-order valence-corrected chi connectivity index (χ0v) is 16.6. The molecule has 1 aliphatic carbocycles. The van der Waals surface area contributed by atoms with Gasteiger partial charge in [-0.15, -0.1) is 0 Å². The van der Waals surface area contributed by atoms with Crippen LogP contribution in [-0.2, 0) is 12.8 Å². The minimum atomic E-state index is -0.223. The number of phenolic OH excluding ortho intramolecular Hbond substituents is 1. The number of rotatable bonds is 6. The Kier molecular flexibility index (Phi) is 5.74. The molecule has 3 atom stereocenters. The summed E-state index contributed by atoms with van der Waals surface area (Å²) >= 11 is 0. The lowest BCUT2D eigenvalue weighted by Gasteiger charge is -2.24. The second-order valence-corrected chi connectivity index (χ2v) is 8.37. The number of aromatic hydroxyl groups is 1. The van der Waals surface area contributed by atoms with Crippen molar-refractivity contribution >= 4 is 11.0 Å². The Morgan fingerprint density at radius 2 is 2.00 bits per heavy atom. The van der Waals surface area contributed by atoms with Crippen LogP contribution in [-0.4, -0.2) is 5.11 Å². The van der Waals surface area contributed by atoms with E-state index in [1.54, 1.807) is 0 Å². The molecule has 1 N–H and O–H groups in total. The minimum Gasteiger partial charge on any atom is -0.507 e. The summed E-state index contributed by atoms with van der Waals surface area (Å²) in [6, 6.07) is 3.87. The molecule has 1 heterocycles. The van der Waals surface area contributed by atoms with Crippen molar-refractivity contribution in [1.82, 2.24) is 0 Å². The fourth-order valence-corrected chi connectivity index (χ4v) is 4.32. The van der Waals surface area contributed by atoms with Gasteiger partial charge in [-0.05, 0) is 60.3 Å². The molecule has 0 radical (unpaired) electrons. The fraction of sp³-hybridized carbons (Fsp3) is 0.609. The highest BCUT2D eigenvalue weighted by Gasteiger charge is 2.25. The van der Waals surface area contributed by atoms with Crippen molar-refractivity contribution in [3.8, 4) is 5.75 Å². The lowest BCUT2D eigenvalue weighted by Crippen LogP contribution is -2.20. The maximum Gasteiger partial charge on any atom is 0.339 e. The monoisotopic (exact) mass is 356 g/mol. The molecule has 0 aliphatic heterocycles. The van der Waals surface area contributed by atoms with Gasteiger partial charge in [-0.3, -0.25) is 0 Å². The van der Waals surface area contributed by atoms with Gasteiger partial charge >= 0.3 is 5.63 Å². The van der Waals surface area contributed by atoms with Gasteiger partial charge in [0.1, 0.15) is 11.3 Å². The molecule has 0 fully saturated rings. The van der Waals surface area contributed by atoms with E-state index in [9.17, 15) is 9.90 Å². The number of phenols is 1. The van der Waals surface area contributed by atoms with Crippen LogP contribution in [0, 0.1) is 11.8 Å². The predicted octanol–water partition coefficient (Wildman–Crippen LogP) is 5.94. The van der Waals surface area contributed by atoms with Crippen LogP contribution in [0.5, 0.6) is 5.75 Å². The Hall–Kier alpha value is -1.77. The molecule has 2 aromatic rings. The van der Waals surface area contributed by atoms with Gasteiger partial charge in [-0.25, -0.2) is 4.79 Å². The van der Waals surface area contributed by atoms with Crippen LogP contribution in [0.1, 0.15) is 82.4 Å². The molecule has 3 unspecified atom stereocenters. The van der Waals surface area contributed by atoms with Crippen molar-refractivity contribution in [2.45, 2.75) is 78.6 Å². The van der Waals surface area contributed by atoms with Gasteiger partial charge in [0, 0.05) is 5.56 Å². The second-order valence-electron chi connectivity index (χ2n) is 8.37. The van der Waals surface area contributed by atoms with Crippen LogP contribution in [0.4, 0.5) is 0 Å². The van der Waals surface area contributed by atoms with Crippen molar-refractivity contribution in [2.75, 3.05) is 0 Å².